The van der Waals surface area contributed by atoms with E-state index in [1.54, 1.807) is 13.2 Å². The van der Waals surface area contributed by atoms with Crippen LogP contribution in [-0.4, -0.2) is 67.5 Å². The number of carbonyl (C=O) groups is 1. The molecule has 2 heterocycles. The molecule has 3 aliphatic rings. The van der Waals surface area contributed by atoms with Crippen LogP contribution in [0.25, 0.3) is 6.08 Å². The van der Waals surface area contributed by atoms with Gasteiger partial charge in [0.2, 0.25) is 0 Å². The maximum atomic E-state index is 12.5. The zero-order chi connectivity index (χ0) is 24.3. The van der Waals surface area contributed by atoms with Crippen molar-refractivity contribution in [2.45, 2.75) is 69.5 Å². The van der Waals surface area contributed by atoms with E-state index in [1.165, 1.54) is 11.6 Å². The highest BCUT2D eigenvalue weighted by Crippen LogP contribution is 2.59. The Labute approximate surface area is 201 Å². The van der Waals surface area contributed by atoms with E-state index in [2.05, 4.69) is 19.9 Å². The molecule has 186 valence electrons. The van der Waals surface area contributed by atoms with Crippen LogP contribution in [0.3, 0.4) is 0 Å². The van der Waals surface area contributed by atoms with Gasteiger partial charge in [-0.1, -0.05) is 23.8 Å². The summed E-state index contributed by atoms with van der Waals surface area (Å²) in [5, 5.41) is 11.2. The molecule has 4 rings (SSSR count). The normalized spacial score (nSPS) is 34.1. The first-order chi connectivity index (χ1) is 16.3. The maximum absolute atomic E-state index is 12.5. The smallest absolute Gasteiger partial charge is 0.331 e. The zero-order valence-corrected chi connectivity index (χ0v) is 20.5. The van der Waals surface area contributed by atoms with Gasteiger partial charge >= 0.3 is 5.97 Å². The number of carbonyl (C=O) groups excluding carboxylic acids is 1. The van der Waals surface area contributed by atoms with Gasteiger partial charge in [0.15, 0.2) is 0 Å². The Hall–Kier alpha value is -2.19. The number of aliphatic hydroxyl groups excluding tert-OH is 1. The monoisotopic (exact) mass is 472 g/mol. The van der Waals surface area contributed by atoms with Crippen LogP contribution >= 0.6 is 0 Å². The van der Waals surface area contributed by atoms with Crippen molar-refractivity contribution in [1.29, 1.82) is 0 Å². The summed E-state index contributed by atoms with van der Waals surface area (Å²) >= 11 is 0. The van der Waals surface area contributed by atoms with E-state index in [0.29, 0.717) is 26.2 Å². The van der Waals surface area contributed by atoms with Crippen molar-refractivity contribution in [3.8, 4) is 5.75 Å². The molecule has 0 radical (unpaired) electrons. The molecule has 1 N–H and O–H groups in total. The number of ether oxygens (including phenoxy) is 5. The largest absolute Gasteiger partial charge is 0.491 e. The van der Waals surface area contributed by atoms with Crippen LogP contribution < -0.4 is 4.74 Å². The van der Waals surface area contributed by atoms with Gasteiger partial charge < -0.3 is 28.8 Å². The maximum Gasteiger partial charge on any atom is 0.331 e. The highest BCUT2D eigenvalue weighted by atomic mass is 16.6. The molecule has 3 fully saturated rings. The second-order valence-corrected chi connectivity index (χ2v) is 9.89. The Morgan fingerprint density at radius 1 is 1.24 bits per heavy atom. The van der Waals surface area contributed by atoms with Crippen molar-refractivity contribution in [2.75, 3.05) is 26.9 Å². The molecule has 4 unspecified atom stereocenters. The number of hydrogen-bond donors (Lipinski definition) is 1. The summed E-state index contributed by atoms with van der Waals surface area (Å²) in [6.45, 7) is 7.80. The number of allylic oxidation sites excluding steroid dienone is 1. The number of esters is 1. The van der Waals surface area contributed by atoms with Gasteiger partial charge in [-0.2, -0.15) is 0 Å². The molecule has 7 heteroatoms. The standard InChI is InChI=1S/C27H36O7/c1-18(2)5-11-22-26(3,34-22)25-24(29)21(13-14-27(25)17-32-27)33-23(28)12-8-19-6-9-20(10-7-19)31-16-15-30-4/h5-10,12,21-22,24-25,29H,11,13-17H2,1-4H3/b12-8+/t21-,22?,24-,25?,26?,27?/m1/s1. The van der Waals surface area contributed by atoms with Gasteiger partial charge in [0.25, 0.3) is 0 Å². The number of benzene rings is 1. The average molecular weight is 473 g/mol. The van der Waals surface area contributed by atoms with E-state index in [4.69, 9.17) is 23.7 Å². The van der Waals surface area contributed by atoms with Crippen LogP contribution in [0.5, 0.6) is 5.75 Å². The zero-order valence-electron chi connectivity index (χ0n) is 20.5. The first-order valence-corrected chi connectivity index (χ1v) is 12.0. The van der Waals surface area contributed by atoms with Gasteiger partial charge in [0, 0.05) is 13.2 Å². The summed E-state index contributed by atoms with van der Waals surface area (Å²) < 4.78 is 28.1. The van der Waals surface area contributed by atoms with E-state index in [0.717, 1.165) is 24.2 Å². The molecule has 1 saturated carbocycles. The molecular formula is C27H36O7. The molecule has 1 aliphatic carbocycles. The number of hydrogen-bond acceptors (Lipinski definition) is 7. The molecule has 34 heavy (non-hydrogen) atoms. The number of methoxy groups -OCH3 is 1. The summed E-state index contributed by atoms with van der Waals surface area (Å²) in [6, 6.07) is 7.41. The minimum absolute atomic E-state index is 0.0407. The molecule has 1 spiro atoms. The SMILES string of the molecule is COCCOc1ccc(/C=C/C(=O)O[C@@H]2CCC3(CO3)C(C3(C)OC3CC=C(C)C)[C@@H]2O)cc1. The predicted octanol–water partition coefficient (Wildman–Crippen LogP) is 3.69. The number of epoxide rings is 2. The first kappa shape index (κ1) is 24.9. The van der Waals surface area contributed by atoms with Gasteiger partial charge in [0.1, 0.15) is 29.7 Å². The molecule has 1 aromatic carbocycles. The Balaban J connectivity index is 1.34. The first-order valence-electron chi connectivity index (χ1n) is 12.0. The quantitative estimate of drug-likeness (QED) is 0.183. The molecule has 7 nitrogen and oxygen atoms in total. The Morgan fingerprint density at radius 2 is 1.97 bits per heavy atom. The van der Waals surface area contributed by atoms with Gasteiger partial charge in [0.05, 0.1) is 31.3 Å². The summed E-state index contributed by atoms with van der Waals surface area (Å²) in [5.74, 6) is 0.0404. The Kier molecular flexibility index (Phi) is 7.48. The van der Waals surface area contributed by atoms with Gasteiger partial charge in [-0.15, -0.1) is 0 Å². The summed E-state index contributed by atoms with van der Waals surface area (Å²) in [5.41, 5.74) is 1.26. The minimum atomic E-state index is -0.834. The average Bonchev–Trinajstić information content (AvgIpc) is 3.72. The number of rotatable bonds is 10. The summed E-state index contributed by atoms with van der Waals surface area (Å²) in [6.07, 6.45) is 5.99. The third-order valence-electron chi connectivity index (χ3n) is 7.11. The van der Waals surface area contributed by atoms with Crippen molar-refractivity contribution < 1.29 is 33.6 Å². The van der Waals surface area contributed by atoms with Crippen molar-refractivity contribution >= 4 is 12.0 Å². The van der Waals surface area contributed by atoms with Crippen molar-refractivity contribution in [2.24, 2.45) is 5.92 Å². The van der Waals surface area contributed by atoms with Crippen molar-refractivity contribution in [3.05, 3.63) is 47.6 Å². The lowest BCUT2D eigenvalue weighted by atomic mass is 9.68. The lowest BCUT2D eigenvalue weighted by Gasteiger charge is -2.40. The molecule has 0 bridgehead atoms. The summed E-state index contributed by atoms with van der Waals surface area (Å²) in [7, 11) is 1.63. The second kappa shape index (κ2) is 10.2. The molecule has 2 aliphatic heterocycles. The van der Waals surface area contributed by atoms with Crippen molar-refractivity contribution in [3.63, 3.8) is 0 Å². The highest BCUT2D eigenvalue weighted by Gasteiger charge is 2.71. The minimum Gasteiger partial charge on any atom is -0.491 e. The van der Waals surface area contributed by atoms with Crippen molar-refractivity contribution in [1.82, 2.24) is 0 Å². The Bertz CT molecular complexity index is 913. The van der Waals surface area contributed by atoms with Crippen LogP contribution in [-0.2, 0) is 23.7 Å². The molecule has 0 amide bonds. The third-order valence-corrected chi connectivity index (χ3v) is 7.11. The van der Waals surface area contributed by atoms with Crippen LogP contribution in [0.1, 0.15) is 45.6 Å². The lowest BCUT2D eigenvalue weighted by Crippen LogP contribution is -2.54. The lowest BCUT2D eigenvalue weighted by molar-refractivity contribution is -0.162. The second-order valence-electron chi connectivity index (χ2n) is 9.89. The van der Waals surface area contributed by atoms with Crippen LogP contribution in [0.2, 0.25) is 0 Å². The van der Waals surface area contributed by atoms with Gasteiger partial charge in [-0.3, -0.25) is 0 Å². The van der Waals surface area contributed by atoms with Crippen LogP contribution in [0.4, 0.5) is 0 Å². The van der Waals surface area contributed by atoms with Gasteiger partial charge in [-0.05, 0) is 63.8 Å². The molecule has 0 aromatic heterocycles. The van der Waals surface area contributed by atoms with E-state index in [-0.39, 0.29) is 17.6 Å². The van der Waals surface area contributed by atoms with E-state index in [9.17, 15) is 9.90 Å². The van der Waals surface area contributed by atoms with E-state index < -0.39 is 23.8 Å². The van der Waals surface area contributed by atoms with Gasteiger partial charge in [-0.25, -0.2) is 4.79 Å². The third kappa shape index (κ3) is 5.54. The van der Waals surface area contributed by atoms with E-state index >= 15 is 0 Å². The number of aliphatic hydroxyl groups is 1. The Morgan fingerprint density at radius 3 is 2.62 bits per heavy atom. The molecule has 1 aromatic rings. The molecule has 6 atom stereocenters. The van der Waals surface area contributed by atoms with Crippen LogP contribution in [0, 0.1) is 5.92 Å². The molecular weight excluding hydrogens is 436 g/mol. The highest BCUT2D eigenvalue weighted by molar-refractivity contribution is 5.87. The fraction of sp³-hybridized carbons (Fsp3) is 0.593. The fourth-order valence-electron chi connectivity index (χ4n) is 5.09. The molecule has 2 saturated heterocycles. The predicted molar refractivity (Wildman–Crippen MR) is 127 cm³/mol. The topological polar surface area (TPSA) is 90.1 Å². The summed E-state index contributed by atoms with van der Waals surface area (Å²) in [4.78, 5) is 12.5. The van der Waals surface area contributed by atoms with E-state index in [1.807, 2.05) is 31.2 Å². The fourth-order valence-corrected chi connectivity index (χ4v) is 5.09. The van der Waals surface area contributed by atoms with Crippen LogP contribution in [0.15, 0.2) is 42.0 Å².